The lowest BCUT2D eigenvalue weighted by Crippen LogP contribution is -2.55. The van der Waals surface area contributed by atoms with Crippen LogP contribution in [0.2, 0.25) is 0 Å². The fourth-order valence-electron chi connectivity index (χ4n) is 4.44. The van der Waals surface area contributed by atoms with Crippen LogP contribution in [-0.4, -0.2) is 76.3 Å². The van der Waals surface area contributed by atoms with Gasteiger partial charge in [-0.05, 0) is 35.2 Å². The van der Waals surface area contributed by atoms with Crippen molar-refractivity contribution in [3.05, 3.63) is 65.2 Å². The van der Waals surface area contributed by atoms with Gasteiger partial charge >= 0.3 is 5.97 Å². The third-order valence-electron chi connectivity index (χ3n) is 6.30. The number of fused-ring (bicyclic) bond motifs is 1. The van der Waals surface area contributed by atoms with Gasteiger partial charge in [0, 0.05) is 33.0 Å². The molecule has 1 aliphatic rings. The Labute approximate surface area is 220 Å². The highest BCUT2D eigenvalue weighted by Gasteiger charge is 2.32. The van der Waals surface area contributed by atoms with Gasteiger partial charge in [0.25, 0.3) is 0 Å². The molecule has 3 amide bonds. The molecule has 2 aromatic rings. The highest BCUT2D eigenvalue weighted by molar-refractivity contribution is 5.87. The summed E-state index contributed by atoms with van der Waals surface area (Å²) < 4.78 is 0. The maximum Gasteiger partial charge on any atom is 0.305 e. The molecule has 3 rings (SSSR count). The van der Waals surface area contributed by atoms with Gasteiger partial charge in [0.05, 0.1) is 18.5 Å². The standard InChI is InChI=1S/C27H32N4O7/c1-17(33)29-23(12-18-6-8-22(34)9-7-18)26(37)28-10-11-31-15-20-5-3-2-4-19(20)13-24(31)27(38)30-21(16-32)14-25(35)36/h2-9,16,21,23-24,34H,10-15H2,1H3,(H,28,37)(H,29,33)(H,30,38)(H,35,36)/t21-,23-,24-/m0/s1. The van der Waals surface area contributed by atoms with Crippen molar-refractivity contribution in [3.63, 3.8) is 0 Å². The molecule has 2 aromatic carbocycles. The average molecular weight is 525 g/mol. The molecular formula is C27H32N4O7. The number of aliphatic carboxylic acids is 1. The van der Waals surface area contributed by atoms with Gasteiger partial charge in [0.1, 0.15) is 18.1 Å². The first kappa shape index (κ1) is 28.3. The quantitative estimate of drug-likeness (QED) is 0.245. The fraction of sp³-hybridized carbons (Fsp3) is 0.370. The zero-order chi connectivity index (χ0) is 27.7. The molecule has 0 unspecified atom stereocenters. The zero-order valence-corrected chi connectivity index (χ0v) is 21.1. The summed E-state index contributed by atoms with van der Waals surface area (Å²) in [4.78, 5) is 61.9. The Morgan fingerprint density at radius 2 is 1.74 bits per heavy atom. The lowest BCUT2D eigenvalue weighted by molar-refractivity contribution is -0.139. The Hall–Kier alpha value is -4.25. The first-order valence-corrected chi connectivity index (χ1v) is 12.3. The maximum atomic E-state index is 13.1. The molecule has 11 heteroatoms. The molecule has 0 saturated heterocycles. The average Bonchev–Trinajstić information content (AvgIpc) is 2.88. The van der Waals surface area contributed by atoms with E-state index in [-0.39, 0.29) is 24.6 Å². The van der Waals surface area contributed by atoms with Crippen LogP contribution < -0.4 is 16.0 Å². The first-order chi connectivity index (χ1) is 18.2. The minimum Gasteiger partial charge on any atom is -0.508 e. The van der Waals surface area contributed by atoms with E-state index in [2.05, 4.69) is 16.0 Å². The minimum atomic E-state index is -1.20. The van der Waals surface area contributed by atoms with E-state index in [1.165, 1.54) is 19.1 Å². The molecule has 0 bridgehead atoms. The summed E-state index contributed by atoms with van der Waals surface area (Å²) in [5.41, 5.74) is 2.77. The van der Waals surface area contributed by atoms with Gasteiger partial charge in [-0.15, -0.1) is 0 Å². The Morgan fingerprint density at radius 1 is 1.05 bits per heavy atom. The van der Waals surface area contributed by atoms with Crippen molar-refractivity contribution in [1.82, 2.24) is 20.9 Å². The van der Waals surface area contributed by atoms with Crippen LogP contribution in [0.15, 0.2) is 48.5 Å². The molecule has 1 aliphatic heterocycles. The number of aromatic hydroxyl groups is 1. The summed E-state index contributed by atoms with van der Waals surface area (Å²) in [6, 6.07) is 11.4. The van der Waals surface area contributed by atoms with E-state index < -0.39 is 42.3 Å². The van der Waals surface area contributed by atoms with Gasteiger partial charge in [0.15, 0.2) is 0 Å². The number of carbonyl (C=O) groups excluding carboxylic acids is 4. The van der Waals surface area contributed by atoms with Crippen molar-refractivity contribution in [2.24, 2.45) is 0 Å². The van der Waals surface area contributed by atoms with Gasteiger partial charge in [-0.3, -0.25) is 24.1 Å². The Balaban J connectivity index is 1.66. The normalized spacial score (nSPS) is 16.4. The van der Waals surface area contributed by atoms with E-state index in [1.54, 1.807) is 12.1 Å². The number of carboxylic acid groups (broad SMARTS) is 1. The smallest absolute Gasteiger partial charge is 0.305 e. The van der Waals surface area contributed by atoms with E-state index in [4.69, 9.17) is 5.11 Å². The van der Waals surface area contributed by atoms with E-state index in [1.807, 2.05) is 29.2 Å². The zero-order valence-electron chi connectivity index (χ0n) is 21.1. The van der Waals surface area contributed by atoms with Crippen LogP contribution >= 0.6 is 0 Å². The molecule has 3 atom stereocenters. The molecule has 0 spiro atoms. The van der Waals surface area contributed by atoms with Crippen LogP contribution in [0.5, 0.6) is 5.75 Å². The summed E-state index contributed by atoms with van der Waals surface area (Å²) >= 11 is 0. The van der Waals surface area contributed by atoms with Gasteiger partial charge < -0.3 is 31.0 Å². The van der Waals surface area contributed by atoms with Crippen LogP contribution in [0, 0.1) is 0 Å². The van der Waals surface area contributed by atoms with Crippen molar-refractivity contribution in [2.45, 2.75) is 50.9 Å². The van der Waals surface area contributed by atoms with Gasteiger partial charge in [-0.1, -0.05) is 36.4 Å². The molecule has 0 aliphatic carbocycles. The number of benzene rings is 2. The maximum absolute atomic E-state index is 13.1. The molecule has 38 heavy (non-hydrogen) atoms. The summed E-state index contributed by atoms with van der Waals surface area (Å²) in [7, 11) is 0. The lowest BCUT2D eigenvalue weighted by atomic mass is 9.93. The summed E-state index contributed by atoms with van der Waals surface area (Å²) in [6.07, 6.45) is 0.484. The minimum absolute atomic E-state index is 0.0957. The van der Waals surface area contributed by atoms with E-state index >= 15 is 0 Å². The van der Waals surface area contributed by atoms with Crippen LogP contribution in [-0.2, 0) is 43.4 Å². The second kappa shape index (κ2) is 13.3. The Bertz CT molecular complexity index is 1170. The van der Waals surface area contributed by atoms with E-state index in [9.17, 15) is 29.1 Å². The number of nitrogens with zero attached hydrogens (tertiary/aromatic N) is 1. The van der Waals surface area contributed by atoms with E-state index in [0.29, 0.717) is 25.8 Å². The highest BCUT2D eigenvalue weighted by atomic mass is 16.4. The van der Waals surface area contributed by atoms with Crippen molar-refractivity contribution in [3.8, 4) is 5.75 Å². The topological polar surface area (TPSA) is 165 Å². The predicted molar refractivity (Wildman–Crippen MR) is 137 cm³/mol. The molecule has 0 saturated carbocycles. The van der Waals surface area contributed by atoms with Crippen LogP contribution in [0.25, 0.3) is 0 Å². The van der Waals surface area contributed by atoms with Crippen molar-refractivity contribution in [1.29, 1.82) is 0 Å². The number of hydrogen-bond donors (Lipinski definition) is 5. The number of aldehydes is 1. The molecule has 202 valence electrons. The molecule has 1 heterocycles. The van der Waals surface area contributed by atoms with Crippen LogP contribution in [0.1, 0.15) is 30.0 Å². The third-order valence-corrected chi connectivity index (χ3v) is 6.30. The number of rotatable bonds is 12. The monoisotopic (exact) mass is 524 g/mol. The van der Waals surface area contributed by atoms with Gasteiger partial charge in [-0.2, -0.15) is 0 Å². The fourth-order valence-corrected chi connectivity index (χ4v) is 4.44. The lowest BCUT2D eigenvalue weighted by Gasteiger charge is -2.36. The SMILES string of the molecule is CC(=O)N[C@@H](Cc1ccc(O)cc1)C(=O)NCCN1Cc2ccccc2C[C@H]1C(=O)N[C@H](C=O)CC(=O)O. The number of phenolic OH excluding ortho intramolecular Hbond substituents is 1. The third kappa shape index (κ3) is 8.13. The molecule has 5 N–H and O–H groups in total. The van der Waals surface area contributed by atoms with Crippen LogP contribution in [0.3, 0.4) is 0 Å². The Morgan fingerprint density at radius 3 is 2.37 bits per heavy atom. The Kier molecular flexibility index (Phi) is 9.94. The number of hydrogen-bond acceptors (Lipinski definition) is 7. The largest absolute Gasteiger partial charge is 0.508 e. The van der Waals surface area contributed by atoms with Crippen LogP contribution in [0.4, 0.5) is 0 Å². The number of carbonyl (C=O) groups is 5. The molecule has 0 aromatic heterocycles. The number of phenols is 1. The van der Waals surface area contributed by atoms with Gasteiger partial charge in [0.2, 0.25) is 17.7 Å². The molecular weight excluding hydrogens is 492 g/mol. The molecule has 11 nitrogen and oxygen atoms in total. The second-order valence-corrected chi connectivity index (χ2v) is 9.22. The predicted octanol–water partition coefficient (Wildman–Crippen LogP) is 0.141. The van der Waals surface area contributed by atoms with Crippen molar-refractivity contribution in [2.75, 3.05) is 13.1 Å². The molecule has 0 fully saturated rings. The number of nitrogens with one attached hydrogen (secondary N) is 3. The molecule has 0 radical (unpaired) electrons. The second-order valence-electron chi connectivity index (χ2n) is 9.22. The summed E-state index contributed by atoms with van der Waals surface area (Å²) in [5.74, 6) is -2.32. The van der Waals surface area contributed by atoms with E-state index in [0.717, 1.165) is 16.7 Å². The first-order valence-electron chi connectivity index (χ1n) is 12.3. The highest BCUT2D eigenvalue weighted by Crippen LogP contribution is 2.23. The summed E-state index contributed by atoms with van der Waals surface area (Å²) in [5, 5.41) is 26.5. The van der Waals surface area contributed by atoms with Gasteiger partial charge in [-0.25, -0.2) is 0 Å². The number of amides is 3. The van der Waals surface area contributed by atoms with Crippen molar-refractivity contribution >= 4 is 30.0 Å². The van der Waals surface area contributed by atoms with Crippen molar-refractivity contribution < 1.29 is 34.2 Å². The summed E-state index contributed by atoms with van der Waals surface area (Å²) in [6.45, 7) is 2.23. The number of carboxylic acids is 1.